The van der Waals surface area contributed by atoms with E-state index in [1.807, 2.05) is 0 Å². The Morgan fingerprint density at radius 1 is 0.809 bits per heavy atom. The standard InChI is InChI=1S/C22H30N5O17P3/c23-19-13-20(25-8-24-19)27(9-26-13)21-18(44-47(36,37)38)15(11(39-21)6-10-4-2-1-3-5-10)41-22-14(29)17(43-46(33,34)35)16(12(7-28)40-22)42-45(30,31)32/h1-5,8-9,11-12,14-18,21-22,28-29H,6-7H2,(H2,23,24,25)(H2,30,31,32)(H2,33,34,35)(H2,36,37,38). The number of imidazole rings is 1. The van der Waals surface area contributed by atoms with Gasteiger partial charge in [0.25, 0.3) is 0 Å². The van der Waals surface area contributed by atoms with Crippen molar-refractivity contribution in [2.45, 2.75) is 61.7 Å². The molecule has 47 heavy (non-hydrogen) atoms. The molecular weight excluding hydrogens is 699 g/mol. The van der Waals surface area contributed by atoms with Crippen LogP contribution in [0.15, 0.2) is 43.0 Å². The maximum atomic E-state index is 12.3. The van der Waals surface area contributed by atoms with Crippen LogP contribution in [0.5, 0.6) is 0 Å². The molecule has 4 heterocycles. The summed E-state index contributed by atoms with van der Waals surface area (Å²) in [6.07, 6.45) is -14.3. The number of aliphatic hydroxyl groups is 2. The van der Waals surface area contributed by atoms with Crippen LogP contribution in [0.25, 0.3) is 11.2 Å². The molecule has 0 radical (unpaired) electrons. The SMILES string of the molecule is Nc1ncnc2c1ncn2C1OC(Cc2ccccc2)C(OC2OC(CO)C(OP(=O)(O)O)C(OP(=O)(O)O)C2O)C1OP(=O)(O)O. The first kappa shape index (κ1) is 36.0. The largest absolute Gasteiger partial charge is 0.470 e. The summed E-state index contributed by atoms with van der Waals surface area (Å²) in [5.74, 6) is -0.0233. The summed E-state index contributed by atoms with van der Waals surface area (Å²) in [5, 5.41) is 21.1. The summed E-state index contributed by atoms with van der Waals surface area (Å²) < 4.78 is 68.9. The quantitative estimate of drug-likeness (QED) is 0.0952. The highest BCUT2D eigenvalue weighted by Gasteiger charge is 2.56. The second-order valence-electron chi connectivity index (χ2n) is 10.3. The Balaban J connectivity index is 1.56. The zero-order chi connectivity index (χ0) is 34.3. The van der Waals surface area contributed by atoms with Crippen LogP contribution < -0.4 is 5.73 Å². The molecule has 5 rings (SSSR count). The number of hydrogen-bond acceptors (Lipinski definition) is 15. The van der Waals surface area contributed by atoms with Crippen LogP contribution in [0.2, 0.25) is 0 Å². The molecule has 2 saturated heterocycles. The lowest BCUT2D eigenvalue weighted by Crippen LogP contribution is -2.61. The Morgan fingerprint density at radius 3 is 2.04 bits per heavy atom. The summed E-state index contributed by atoms with van der Waals surface area (Å²) in [6.45, 7) is -1.10. The number of benzene rings is 1. The van der Waals surface area contributed by atoms with E-state index >= 15 is 0 Å². The van der Waals surface area contributed by atoms with Gasteiger partial charge in [-0.15, -0.1) is 0 Å². The number of hydrogen-bond donors (Lipinski definition) is 9. The third kappa shape index (κ3) is 8.66. The molecule has 2 aliphatic rings. The molecule has 260 valence electrons. The molecule has 1 aromatic carbocycles. The van der Waals surface area contributed by atoms with Gasteiger partial charge >= 0.3 is 23.5 Å². The molecule has 0 saturated carbocycles. The molecule has 0 amide bonds. The van der Waals surface area contributed by atoms with E-state index in [0.717, 1.165) is 6.33 Å². The van der Waals surface area contributed by atoms with Gasteiger partial charge in [-0.25, -0.2) is 28.6 Å². The lowest BCUT2D eigenvalue weighted by Gasteiger charge is -2.44. The highest BCUT2D eigenvalue weighted by Crippen LogP contribution is 2.49. The van der Waals surface area contributed by atoms with E-state index < -0.39 is 85.3 Å². The molecule has 10 N–H and O–H groups in total. The fraction of sp³-hybridized carbons (Fsp3) is 0.500. The Bertz CT molecular complexity index is 1680. The smallest absolute Gasteiger partial charge is 0.394 e. The molecular formula is C22H30N5O17P3. The first-order valence-corrected chi connectivity index (χ1v) is 18.0. The van der Waals surface area contributed by atoms with Gasteiger partial charge in [0.2, 0.25) is 0 Å². The second kappa shape index (κ2) is 13.9. The van der Waals surface area contributed by atoms with Gasteiger partial charge in [0.05, 0.1) is 19.0 Å². The fourth-order valence-corrected chi connectivity index (χ4v) is 6.98. The van der Waals surface area contributed by atoms with Crippen molar-refractivity contribution in [2.24, 2.45) is 0 Å². The zero-order valence-electron chi connectivity index (χ0n) is 23.6. The van der Waals surface area contributed by atoms with Crippen LogP contribution in [0, 0.1) is 0 Å². The number of aromatic nitrogens is 4. The van der Waals surface area contributed by atoms with Gasteiger partial charge in [0, 0.05) is 6.42 Å². The number of rotatable bonds is 12. The highest BCUT2D eigenvalue weighted by atomic mass is 31.2. The van der Waals surface area contributed by atoms with Gasteiger partial charge in [-0.2, -0.15) is 0 Å². The topological polar surface area (TPSA) is 338 Å². The molecule has 2 aliphatic heterocycles. The van der Waals surface area contributed by atoms with Crippen molar-refractivity contribution in [1.82, 2.24) is 19.5 Å². The zero-order valence-corrected chi connectivity index (χ0v) is 26.3. The van der Waals surface area contributed by atoms with Gasteiger partial charge in [0.1, 0.15) is 48.5 Å². The van der Waals surface area contributed by atoms with E-state index in [-0.39, 0.29) is 23.4 Å². The molecule has 3 aromatic rings. The number of phosphoric acid groups is 3. The van der Waals surface area contributed by atoms with E-state index in [9.17, 15) is 53.3 Å². The van der Waals surface area contributed by atoms with Crippen molar-refractivity contribution in [2.75, 3.05) is 12.3 Å². The van der Waals surface area contributed by atoms with Crippen molar-refractivity contribution in [3.63, 3.8) is 0 Å². The number of anilines is 1. The molecule has 0 spiro atoms. The van der Waals surface area contributed by atoms with Gasteiger partial charge in [0.15, 0.2) is 24.0 Å². The molecule has 25 heteroatoms. The Morgan fingerprint density at radius 2 is 1.43 bits per heavy atom. The third-order valence-electron chi connectivity index (χ3n) is 7.09. The minimum absolute atomic E-state index is 0.00856. The number of phosphoric ester groups is 3. The molecule has 9 atom stereocenters. The summed E-state index contributed by atoms with van der Waals surface area (Å²) in [7, 11) is -16.3. The Hall–Kier alpha value is -2.30. The number of nitrogens with two attached hydrogens (primary N) is 1. The maximum absolute atomic E-state index is 12.3. The minimum atomic E-state index is -5.51. The molecule has 0 aliphatic carbocycles. The number of nitrogens with zero attached hydrogens (tertiary/aromatic N) is 4. The molecule has 2 aromatic heterocycles. The fourth-order valence-electron chi connectivity index (χ4n) is 5.31. The van der Waals surface area contributed by atoms with Crippen LogP contribution in [0.3, 0.4) is 0 Å². The van der Waals surface area contributed by atoms with Gasteiger partial charge in [-0.3, -0.25) is 18.1 Å². The monoisotopic (exact) mass is 729 g/mol. The number of fused-ring (bicyclic) bond motifs is 1. The van der Waals surface area contributed by atoms with E-state index in [4.69, 9.17) is 24.5 Å². The second-order valence-corrected chi connectivity index (χ2v) is 13.9. The molecule has 2 fully saturated rings. The van der Waals surface area contributed by atoms with Crippen molar-refractivity contribution in [1.29, 1.82) is 0 Å². The van der Waals surface area contributed by atoms with Crippen LogP contribution in [-0.4, -0.2) is 115 Å². The van der Waals surface area contributed by atoms with Crippen molar-refractivity contribution >= 4 is 40.4 Å². The van der Waals surface area contributed by atoms with Crippen LogP contribution >= 0.6 is 23.5 Å². The first-order chi connectivity index (χ1) is 21.9. The van der Waals surface area contributed by atoms with E-state index in [0.29, 0.717) is 5.56 Å². The lowest BCUT2D eigenvalue weighted by atomic mass is 9.98. The van der Waals surface area contributed by atoms with Crippen molar-refractivity contribution < 1.29 is 81.1 Å². The highest BCUT2D eigenvalue weighted by molar-refractivity contribution is 7.46. The minimum Gasteiger partial charge on any atom is -0.394 e. The van der Waals surface area contributed by atoms with E-state index in [1.165, 1.54) is 10.9 Å². The summed E-state index contributed by atoms with van der Waals surface area (Å²) in [6, 6.07) is 8.55. The van der Waals surface area contributed by atoms with Gasteiger partial charge in [-0.1, -0.05) is 30.3 Å². The van der Waals surface area contributed by atoms with Crippen LogP contribution in [-0.2, 0) is 47.9 Å². The average Bonchev–Trinajstić information content (AvgIpc) is 3.53. The van der Waals surface area contributed by atoms with E-state index in [2.05, 4.69) is 24.0 Å². The number of nitrogen functional groups attached to an aromatic ring is 1. The van der Waals surface area contributed by atoms with Gasteiger partial charge in [-0.05, 0) is 5.56 Å². The summed E-state index contributed by atoms with van der Waals surface area (Å²) in [4.78, 5) is 69.6. The van der Waals surface area contributed by atoms with Crippen LogP contribution in [0.4, 0.5) is 5.82 Å². The van der Waals surface area contributed by atoms with Crippen LogP contribution in [0.1, 0.15) is 11.8 Å². The predicted molar refractivity (Wildman–Crippen MR) is 151 cm³/mol. The molecule has 0 bridgehead atoms. The summed E-state index contributed by atoms with van der Waals surface area (Å²) in [5.41, 5.74) is 6.72. The van der Waals surface area contributed by atoms with Crippen molar-refractivity contribution in [3.05, 3.63) is 48.5 Å². The summed E-state index contributed by atoms with van der Waals surface area (Å²) >= 11 is 0. The average molecular weight is 729 g/mol. The molecule has 9 unspecified atom stereocenters. The maximum Gasteiger partial charge on any atom is 0.470 e. The number of ether oxygens (including phenoxy) is 3. The normalized spacial score (nSPS) is 30.6. The molecule has 22 nitrogen and oxygen atoms in total. The number of aliphatic hydroxyl groups excluding tert-OH is 2. The lowest BCUT2D eigenvalue weighted by molar-refractivity contribution is -0.312. The Labute approximate surface area is 263 Å². The first-order valence-electron chi connectivity index (χ1n) is 13.4. The van der Waals surface area contributed by atoms with Gasteiger partial charge < -0.3 is 59.5 Å². The Kier molecular flexibility index (Phi) is 10.6. The van der Waals surface area contributed by atoms with Crippen molar-refractivity contribution in [3.8, 4) is 0 Å². The third-order valence-corrected chi connectivity index (χ3v) is 8.64. The predicted octanol–water partition coefficient (Wildman–Crippen LogP) is -1.55. The van der Waals surface area contributed by atoms with E-state index in [1.54, 1.807) is 30.3 Å².